The number of nitrogens with one attached hydrogen (secondary N) is 1. The maximum absolute atomic E-state index is 6.18. The normalized spacial score (nSPS) is 19.8. The van der Waals surface area contributed by atoms with Gasteiger partial charge in [-0.2, -0.15) is 4.98 Å². The highest BCUT2D eigenvalue weighted by Crippen LogP contribution is 2.30. The first-order chi connectivity index (χ1) is 9.69. The quantitative estimate of drug-likeness (QED) is 0.943. The molecular weight excluding hydrogens is 274 g/mol. The van der Waals surface area contributed by atoms with Gasteiger partial charge >= 0.3 is 0 Å². The molecule has 1 atom stereocenters. The highest BCUT2D eigenvalue weighted by Gasteiger charge is 2.23. The molecule has 0 radical (unpaired) electrons. The van der Waals surface area contributed by atoms with Gasteiger partial charge in [0.15, 0.2) is 5.58 Å². The number of hydrogen-bond donors (Lipinski definition) is 1. The third-order valence-electron chi connectivity index (χ3n) is 3.79. The van der Waals surface area contributed by atoms with Crippen LogP contribution in [0.15, 0.2) is 16.5 Å². The zero-order chi connectivity index (χ0) is 14.1. The van der Waals surface area contributed by atoms with Crippen molar-refractivity contribution in [3.63, 3.8) is 0 Å². The molecule has 20 heavy (non-hydrogen) atoms. The summed E-state index contributed by atoms with van der Waals surface area (Å²) in [5.74, 6) is 0. The molecule has 0 saturated carbocycles. The maximum Gasteiger partial charge on any atom is 0.298 e. The van der Waals surface area contributed by atoms with E-state index in [1.165, 1.54) is 0 Å². The summed E-state index contributed by atoms with van der Waals surface area (Å²) in [4.78, 5) is 6.86. The van der Waals surface area contributed by atoms with Crippen LogP contribution >= 0.6 is 11.6 Å². The van der Waals surface area contributed by atoms with Crippen molar-refractivity contribution < 1.29 is 4.42 Å². The highest BCUT2D eigenvalue weighted by molar-refractivity contribution is 6.31. The lowest BCUT2D eigenvalue weighted by Crippen LogP contribution is -2.50. The number of rotatable bonds is 3. The predicted octanol–water partition coefficient (Wildman–Crippen LogP) is 3.23. The maximum atomic E-state index is 6.18. The summed E-state index contributed by atoms with van der Waals surface area (Å²) in [6, 6.07) is 4.98. The lowest BCUT2D eigenvalue weighted by molar-refractivity contribution is 0.455. The van der Waals surface area contributed by atoms with Crippen LogP contribution in [0.1, 0.15) is 25.8 Å². The van der Waals surface area contributed by atoms with Gasteiger partial charge in [0, 0.05) is 30.7 Å². The minimum atomic E-state index is 0.391. The minimum Gasteiger partial charge on any atom is -0.423 e. The molecule has 2 heterocycles. The van der Waals surface area contributed by atoms with Gasteiger partial charge < -0.3 is 14.6 Å². The van der Waals surface area contributed by atoms with Crippen LogP contribution in [0.25, 0.3) is 11.1 Å². The van der Waals surface area contributed by atoms with E-state index in [0.29, 0.717) is 12.1 Å². The van der Waals surface area contributed by atoms with Gasteiger partial charge in [0.2, 0.25) is 0 Å². The first-order valence-corrected chi connectivity index (χ1v) is 7.63. The summed E-state index contributed by atoms with van der Waals surface area (Å²) < 4.78 is 6.05. The smallest absolute Gasteiger partial charge is 0.298 e. The molecule has 1 aromatic heterocycles. The molecule has 2 aromatic rings. The van der Waals surface area contributed by atoms with Gasteiger partial charge in [-0.15, -0.1) is 0 Å². The molecule has 0 unspecified atom stereocenters. The Morgan fingerprint density at radius 3 is 3.10 bits per heavy atom. The summed E-state index contributed by atoms with van der Waals surface area (Å²) in [6.07, 6.45) is 2.03. The van der Waals surface area contributed by atoms with Crippen molar-refractivity contribution in [3.8, 4) is 0 Å². The Morgan fingerprint density at radius 2 is 2.35 bits per heavy atom. The van der Waals surface area contributed by atoms with Crippen molar-refractivity contribution in [3.05, 3.63) is 22.7 Å². The number of piperazine rings is 1. The third kappa shape index (κ3) is 2.50. The Kier molecular flexibility index (Phi) is 3.85. The Balaban J connectivity index is 2.03. The van der Waals surface area contributed by atoms with Crippen LogP contribution in [0, 0.1) is 0 Å². The Bertz CT molecular complexity index is 610. The van der Waals surface area contributed by atoms with E-state index in [1.807, 2.05) is 12.1 Å². The first kappa shape index (κ1) is 13.7. The van der Waals surface area contributed by atoms with E-state index < -0.39 is 0 Å². The van der Waals surface area contributed by atoms with Crippen LogP contribution in [-0.2, 0) is 6.42 Å². The average molecular weight is 294 g/mol. The second-order valence-electron chi connectivity index (χ2n) is 5.41. The van der Waals surface area contributed by atoms with Crippen LogP contribution < -0.4 is 10.2 Å². The number of aromatic nitrogens is 1. The first-order valence-electron chi connectivity index (χ1n) is 7.25. The van der Waals surface area contributed by atoms with Crippen molar-refractivity contribution in [1.82, 2.24) is 10.3 Å². The second kappa shape index (κ2) is 5.62. The summed E-state index contributed by atoms with van der Waals surface area (Å²) in [6.45, 7) is 7.18. The summed E-state index contributed by atoms with van der Waals surface area (Å²) in [7, 11) is 0. The molecule has 1 N–H and O–H groups in total. The fourth-order valence-electron chi connectivity index (χ4n) is 2.76. The van der Waals surface area contributed by atoms with Crippen LogP contribution in [0.2, 0.25) is 5.02 Å². The Labute approximate surface area is 124 Å². The number of aryl methyl sites for hydroxylation is 1. The number of nitrogens with zero attached hydrogens (tertiary/aromatic N) is 2. The van der Waals surface area contributed by atoms with Gasteiger partial charge in [-0.05, 0) is 31.0 Å². The summed E-state index contributed by atoms with van der Waals surface area (Å²) in [5.41, 5.74) is 2.90. The molecular formula is C15H20ClN3O. The van der Waals surface area contributed by atoms with E-state index in [-0.39, 0.29) is 0 Å². The number of oxazole rings is 1. The van der Waals surface area contributed by atoms with Crippen molar-refractivity contribution >= 4 is 28.7 Å². The number of fused-ring (bicyclic) bond motifs is 1. The van der Waals surface area contributed by atoms with Crippen LogP contribution in [0.5, 0.6) is 0 Å². The average Bonchev–Trinajstić information content (AvgIpc) is 2.83. The van der Waals surface area contributed by atoms with Gasteiger partial charge in [0.1, 0.15) is 5.52 Å². The van der Waals surface area contributed by atoms with E-state index in [4.69, 9.17) is 16.0 Å². The monoisotopic (exact) mass is 293 g/mol. The molecule has 1 aromatic carbocycles. The largest absolute Gasteiger partial charge is 0.423 e. The SMILES string of the molecule is CCCc1cc(Cl)cc2nc(N3CCNC[C@@H]3C)oc12. The number of benzene rings is 1. The topological polar surface area (TPSA) is 41.3 Å². The zero-order valence-electron chi connectivity index (χ0n) is 11.9. The van der Waals surface area contributed by atoms with E-state index >= 15 is 0 Å². The van der Waals surface area contributed by atoms with E-state index in [2.05, 4.69) is 29.0 Å². The lowest BCUT2D eigenvalue weighted by Gasteiger charge is -2.32. The molecule has 0 spiro atoms. The van der Waals surface area contributed by atoms with Crippen LogP contribution in [0.3, 0.4) is 0 Å². The number of hydrogen-bond acceptors (Lipinski definition) is 4. The van der Waals surface area contributed by atoms with Crippen molar-refractivity contribution in [2.75, 3.05) is 24.5 Å². The number of halogens is 1. The van der Waals surface area contributed by atoms with E-state index in [0.717, 1.165) is 54.2 Å². The van der Waals surface area contributed by atoms with Crippen molar-refractivity contribution in [2.45, 2.75) is 32.7 Å². The van der Waals surface area contributed by atoms with Gasteiger partial charge in [-0.3, -0.25) is 0 Å². The highest BCUT2D eigenvalue weighted by atomic mass is 35.5. The standard InChI is InChI=1S/C15H20ClN3O/c1-3-4-11-7-12(16)8-13-14(11)20-15(18-13)19-6-5-17-9-10(19)2/h7-8,10,17H,3-6,9H2,1-2H3/t10-/m0/s1. The number of anilines is 1. The molecule has 5 heteroatoms. The molecule has 1 aliphatic heterocycles. The zero-order valence-corrected chi connectivity index (χ0v) is 12.7. The molecule has 3 rings (SSSR count). The fraction of sp³-hybridized carbons (Fsp3) is 0.533. The van der Waals surface area contributed by atoms with Crippen LogP contribution in [-0.4, -0.2) is 30.7 Å². The third-order valence-corrected chi connectivity index (χ3v) is 4.01. The van der Waals surface area contributed by atoms with Gasteiger partial charge in [-0.1, -0.05) is 24.9 Å². The van der Waals surface area contributed by atoms with Gasteiger partial charge in [0.25, 0.3) is 6.01 Å². The fourth-order valence-corrected chi connectivity index (χ4v) is 2.99. The molecule has 108 valence electrons. The van der Waals surface area contributed by atoms with Crippen molar-refractivity contribution in [1.29, 1.82) is 0 Å². The van der Waals surface area contributed by atoms with Gasteiger partial charge in [0.05, 0.1) is 0 Å². The van der Waals surface area contributed by atoms with Crippen molar-refractivity contribution in [2.24, 2.45) is 0 Å². The van der Waals surface area contributed by atoms with Crippen LogP contribution in [0.4, 0.5) is 6.01 Å². The molecule has 0 bridgehead atoms. The van der Waals surface area contributed by atoms with E-state index in [1.54, 1.807) is 0 Å². The Morgan fingerprint density at radius 1 is 1.50 bits per heavy atom. The molecule has 0 aliphatic carbocycles. The minimum absolute atomic E-state index is 0.391. The van der Waals surface area contributed by atoms with Gasteiger partial charge in [-0.25, -0.2) is 0 Å². The second-order valence-corrected chi connectivity index (χ2v) is 5.84. The molecule has 1 fully saturated rings. The van der Waals surface area contributed by atoms with E-state index in [9.17, 15) is 0 Å². The molecule has 4 nitrogen and oxygen atoms in total. The predicted molar refractivity (Wildman–Crippen MR) is 82.7 cm³/mol. The Hall–Kier alpha value is -1.26. The summed E-state index contributed by atoms with van der Waals surface area (Å²) >= 11 is 6.18. The lowest BCUT2D eigenvalue weighted by atomic mass is 10.1. The molecule has 1 saturated heterocycles. The summed E-state index contributed by atoms with van der Waals surface area (Å²) in [5, 5.41) is 4.11. The molecule has 0 amide bonds. The molecule has 1 aliphatic rings.